The fourth-order valence-electron chi connectivity index (χ4n) is 2.01. The van der Waals surface area contributed by atoms with Crippen molar-refractivity contribution >= 4 is 17.3 Å². The Balaban J connectivity index is 2.41. The molecule has 0 radical (unpaired) electrons. The molecule has 0 unspecified atom stereocenters. The first-order valence-corrected chi connectivity index (χ1v) is 5.94. The van der Waals surface area contributed by atoms with Crippen molar-refractivity contribution in [2.45, 2.75) is 13.8 Å². The molecule has 20 heavy (non-hydrogen) atoms. The monoisotopic (exact) mass is 277 g/mol. The maximum atomic E-state index is 13.8. The summed E-state index contributed by atoms with van der Waals surface area (Å²) < 4.78 is 27.6. The van der Waals surface area contributed by atoms with Crippen LogP contribution in [0.4, 0.5) is 20.2 Å². The second-order valence-electron chi connectivity index (χ2n) is 4.62. The quantitative estimate of drug-likeness (QED) is 0.890. The van der Waals surface area contributed by atoms with E-state index in [-0.39, 0.29) is 5.69 Å². The SMILES string of the molecule is Cc1cc(C)cc(Nc2c(F)cc(C(=O)O)cc2F)c1. The Kier molecular flexibility index (Phi) is 3.70. The molecular weight excluding hydrogens is 264 g/mol. The summed E-state index contributed by atoms with van der Waals surface area (Å²) in [7, 11) is 0. The van der Waals surface area contributed by atoms with Crippen molar-refractivity contribution in [1.82, 2.24) is 0 Å². The van der Waals surface area contributed by atoms with Crippen LogP contribution in [0.2, 0.25) is 0 Å². The van der Waals surface area contributed by atoms with Gasteiger partial charge in [-0.15, -0.1) is 0 Å². The lowest BCUT2D eigenvalue weighted by Gasteiger charge is -2.11. The Morgan fingerprint density at radius 2 is 1.50 bits per heavy atom. The molecule has 2 aromatic rings. The van der Waals surface area contributed by atoms with Gasteiger partial charge in [0.1, 0.15) is 5.69 Å². The van der Waals surface area contributed by atoms with Crippen molar-refractivity contribution in [3.05, 3.63) is 58.7 Å². The van der Waals surface area contributed by atoms with Gasteiger partial charge in [-0.3, -0.25) is 0 Å². The maximum absolute atomic E-state index is 13.8. The number of carboxylic acid groups (broad SMARTS) is 1. The molecule has 2 rings (SSSR count). The molecule has 0 aromatic heterocycles. The minimum atomic E-state index is -1.37. The molecule has 0 aliphatic rings. The number of carbonyl (C=O) groups is 1. The number of hydrogen-bond acceptors (Lipinski definition) is 2. The number of anilines is 2. The Hall–Kier alpha value is -2.43. The highest BCUT2D eigenvalue weighted by Crippen LogP contribution is 2.26. The van der Waals surface area contributed by atoms with Crippen LogP contribution in [-0.4, -0.2) is 11.1 Å². The summed E-state index contributed by atoms with van der Waals surface area (Å²) in [6, 6.07) is 7.01. The summed E-state index contributed by atoms with van der Waals surface area (Å²) >= 11 is 0. The standard InChI is InChI=1S/C15H13F2NO2/c1-8-3-9(2)5-11(4-8)18-14-12(16)6-10(15(19)20)7-13(14)17/h3-7,18H,1-2H3,(H,19,20). The molecule has 0 aliphatic heterocycles. The van der Waals surface area contributed by atoms with E-state index in [4.69, 9.17) is 5.11 Å². The third-order valence-corrected chi connectivity index (χ3v) is 2.78. The van der Waals surface area contributed by atoms with Crippen LogP contribution in [0.5, 0.6) is 0 Å². The molecule has 104 valence electrons. The van der Waals surface area contributed by atoms with E-state index < -0.39 is 23.2 Å². The highest BCUT2D eigenvalue weighted by molar-refractivity contribution is 5.88. The number of rotatable bonds is 3. The molecule has 0 amide bonds. The van der Waals surface area contributed by atoms with Crippen LogP contribution in [0.25, 0.3) is 0 Å². The third-order valence-electron chi connectivity index (χ3n) is 2.78. The van der Waals surface area contributed by atoms with Crippen LogP contribution in [-0.2, 0) is 0 Å². The lowest BCUT2D eigenvalue weighted by molar-refractivity contribution is 0.0696. The predicted octanol–water partition coefficient (Wildman–Crippen LogP) is 4.02. The molecule has 0 bridgehead atoms. The van der Waals surface area contributed by atoms with Crippen LogP contribution >= 0.6 is 0 Å². The molecule has 0 fully saturated rings. The van der Waals surface area contributed by atoms with E-state index in [9.17, 15) is 13.6 Å². The van der Waals surface area contributed by atoms with E-state index in [0.717, 1.165) is 23.3 Å². The Labute approximate surface area is 114 Å². The van der Waals surface area contributed by atoms with Crippen molar-refractivity contribution in [2.75, 3.05) is 5.32 Å². The normalized spacial score (nSPS) is 10.4. The van der Waals surface area contributed by atoms with Crippen molar-refractivity contribution in [3.8, 4) is 0 Å². The van der Waals surface area contributed by atoms with Gasteiger partial charge in [-0.1, -0.05) is 6.07 Å². The number of nitrogens with one attached hydrogen (secondary N) is 1. The minimum Gasteiger partial charge on any atom is -0.478 e. The lowest BCUT2D eigenvalue weighted by atomic mass is 10.1. The van der Waals surface area contributed by atoms with Gasteiger partial charge in [0.25, 0.3) is 0 Å². The maximum Gasteiger partial charge on any atom is 0.335 e. The van der Waals surface area contributed by atoms with Gasteiger partial charge in [-0.25, -0.2) is 13.6 Å². The van der Waals surface area contributed by atoms with Crippen molar-refractivity contribution < 1.29 is 18.7 Å². The number of halogens is 2. The highest BCUT2D eigenvalue weighted by atomic mass is 19.1. The van der Waals surface area contributed by atoms with Gasteiger partial charge in [0, 0.05) is 5.69 Å². The zero-order valence-corrected chi connectivity index (χ0v) is 11.0. The second kappa shape index (κ2) is 5.28. The Bertz CT molecular complexity index is 640. The van der Waals surface area contributed by atoms with Crippen molar-refractivity contribution in [1.29, 1.82) is 0 Å². The van der Waals surface area contributed by atoms with Crippen LogP contribution < -0.4 is 5.32 Å². The summed E-state index contributed by atoms with van der Waals surface area (Å²) in [4.78, 5) is 10.7. The highest BCUT2D eigenvalue weighted by Gasteiger charge is 2.15. The number of benzene rings is 2. The molecule has 0 aliphatic carbocycles. The molecule has 0 saturated heterocycles. The molecule has 0 spiro atoms. The third kappa shape index (κ3) is 2.93. The zero-order chi connectivity index (χ0) is 14.9. The van der Waals surface area contributed by atoms with Gasteiger partial charge >= 0.3 is 5.97 Å². The summed E-state index contributed by atoms with van der Waals surface area (Å²) in [6.45, 7) is 3.75. The second-order valence-corrected chi connectivity index (χ2v) is 4.62. The Morgan fingerprint density at radius 1 is 1.00 bits per heavy atom. The molecule has 0 heterocycles. The predicted molar refractivity (Wildman–Crippen MR) is 72.5 cm³/mol. The minimum absolute atomic E-state index is 0.361. The van der Waals surface area contributed by atoms with Crippen LogP contribution in [0, 0.1) is 25.5 Å². The summed E-state index contributed by atoms with van der Waals surface area (Å²) in [5, 5.41) is 11.4. The van der Waals surface area contributed by atoms with Gasteiger partial charge in [-0.2, -0.15) is 0 Å². The number of aromatic carboxylic acids is 1. The molecule has 2 N–H and O–H groups in total. The first-order valence-electron chi connectivity index (χ1n) is 5.94. The molecule has 3 nitrogen and oxygen atoms in total. The average Bonchev–Trinajstić information content (AvgIpc) is 2.32. The first-order chi connectivity index (χ1) is 9.36. The van der Waals surface area contributed by atoms with Gasteiger partial charge in [-0.05, 0) is 49.2 Å². The number of carboxylic acids is 1. The first kappa shape index (κ1) is 14.0. The van der Waals surface area contributed by atoms with Crippen molar-refractivity contribution in [2.24, 2.45) is 0 Å². The van der Waals surface area contributed by atoms with E-state index in [1.165, 1.54) is 0 Å². The molecular formula is C15H13F2NO2. The van der Waals surface area contributed by atoms with E-state index >= 15 is 0 Å². The zero-order valence-electron chi connectivity index (χ0n) is 11.0. The molecule has 2 aromatic carbocycles. The van der Waals surface area contributed by atoms with Gasteiger partial charge in [0.2, 0.25) is 0 Å². The van der Waals surface area contributed by atoms with E-state index in [0.29, 0.717) is 5.69 Å². The van der Waals surface area contributed by atoms with Crippen LogP contribution in [0.1, 0.15) is 21.5 Å². The number of aryl methyl sites for hydroxylation is 2. The summed E-state index contributed by atoms with van der Waals surface area (Å²) in [5.41, 5.74) is 1.67. The van der Waals surface area contributed by atoms with Crippen molar-refractivity contribution in [3.63, 3.8) is 0 Å². The number of hydrogen-bond donors (Lipinski definition) is 2. The smallest absolute Gasteiger partial charge is 0.335 e. The lowest BCUT2D eigenvalue weighted by Crippen LogP contribution is -2.03. The van der Waals surface area contributed by atoms with E-state index in [2.05, 4.69) is 5.32 Å². The van der Waals surface area contributed by atoms with Gasteiger partial charge in [0.05, 0.1) is 5.56 Å². The largest absolute Gasteiger partial charge is 0.478 e. The molecule has 0 atom stereocenters. The Morgan fingerprint density at radius 3 is 1.95 bits per heavy atom. The van der Waals surface area contributed by atoms with Crippen LogP contribution in [0.3, 0.4) is 0 Å². The summed E-state index contributed by atoms with van der Waals surface area (Å²) in [6.07, 6.45) is 0. The van der Waals surface area contributed by atoms with E-state index in [1.54, 1.807) is 12.1 Å². The summed E-state index contributed by atoms with van der Waals surface area (Å²) in [5.74, 6) is -3.26. The average molecular weight is 277 g/mol. The van der Waals surface area contributed by atoms with Gasteiger partial charge in [0.15, 0.2) is 11.6 Å². The van der Waals surface area contributed by atoms with Crippen LogP contribution in [0.15, 0.2) is 30.3 Å². The molecule has 5 heteroatoms. The van der Waals surface area contributed by atoms with Gasteiger partial charge < -0.3 is 10.4 Å². The molecule has 0 saturated carbocycles. The fraction of sp³-hybridized carbons (Fsp3) is 0.133. The fourth-order valence-corrected chi connectivity index (χ4v) is 2.01. The topological polar surface area (TPSA) is 49.3 Å². The van der Waals surface area contributed by atoms with E-state index in [1.807, 2.05) is 19.9 Å².